The van der Waals surface area contributed by atoms with E-state index in [0.717, 1.165) is 55.4 Å². The van der Waals surface area contributed by atoms with E-state index in [-0.39, 0.29) is 5.91 Å². The maximum Gasteiger partial charge on any atom is 0.252 e. The van der Waals surface area contributed by atoms with Gasteiger partial charge in [0.25, 0.3) is 5.78 Å². The first-order valence-corrected chi connectivity index (χ1v) is 10.9. The molecule has 2 aromatic heterocycles. The molecule has 1 aliphatic rings. The van der Waals surface area contributed by atoms with Crippen molar-refractivity contribution in [3.05, 3.63) is 53.1 Å². The Labute approximate surface area is 182 Å². The fraction of sp³-hybridized carbons (Fsp3) is 0.478. The van der Waals surface area contributed by atoms with E-state index in [9.17, 15) is 4.79 Å². The van der Waals surface area contributed by atoms with Crippen LogP contribution in [0.1, 0.15) is 35.9 Å². The van der Waals surface area contributed by atoms with Crippen molar-refractivity contribution in [2.24, 2.45) is 0 Å². The second-order valence-electron chi connectivity index (χ2n) is 7.97. The lowest BCUT2D eigenvalue weighted by Crippen LogP contribution is -2.48. The number of benzene rings is 1. The van der Waals surface area contributed by atoms with Crippen LogP contribution in [0, 0.1) is 13.8 Å². The van der Waals surface area contributed by atoms with Gasteiger partial charge in [-0.05, 0) is 50.5 Å². The molecule has 8 nitrogen and oxygen atoms in total. The van der Waals surface area contributed by atoms with Crippen LogP contribution in [0.5, 0.6) is 5.75 Å². The fourth-order valence-electron chi connectivity index (χ4n) is 4.18. The molecule has 31 heavy (non-hydrogen) atoms. The minimum Gasteiger partial charge on any atom is -0.494 e. The Morgan fingerprint density at radius 3 is 2.55 bits per heavy atom. The van der Waals surface area contributed by atoms with Gasteiger partial charge >= 0.3 is 0 Å². The monoisotopic (exact) mass is 422 g/mol. The highest BCUT2D eigenvalue weighted by Gasteiger charge is 2.22. The third kappa shape index (κ3) is 4.85. The number of nitrogens with zero attached hydrogens (tertiary/aromatic N) is 6. The SMILES string of the molecule is CCOc1ccc(CN2CCN(C(=O)CCc3c(C)nc4ncnn4c3C)CC2)cc1. The minimum absolute atomic E-state index is 0.207. The van der Waals surface area contributed by atoms with Crippen molar-refractivity contribution in [2.75, 3.05) is 32.8 Å². The quantitative estimate of drug-likeness (QED) is 0.582. The molecule has 0 radical (unpaired) electrons. The molecule has 0 N–H and O–H groups in total. The zero-order valence-electron chi connectivity index (χ0n) is 18.5. The summed E-state index contributed by atoms with van der Waals surface area (Å²) in [5.74, 6) is 1.72. The molecule has 0 saturated carbocycles. The van der Waals surface area contributed by atoms with Crippen molar-refractivity contribution in [3.63, 3.8) is 0 Å². The van der Waals surface area contributed by atoms with Crippen molar-refractivity contribution in [2.45, 2.75) is 40.2 Å². The maximum absolute atomic E-state index is 12.8. The van der Waals surface area contributed by atoms with E-state index < -0.39 is 0 Å². The highest BCUT2D eigenvalue weighted by molar-refractivity contribution is 5.76. The van der Waals surface area contributed by atoms with Crippen LogP contribution in [0.3, 0.4) is 0 Å². The van der Waals surface area contributed by atoms with Gasteiger partial charge in [-0.1, -0.05) is 12.1 Å². The predicted octanol–water partition coefficient (Wildman–Crippen LogP) is 2.42. The van der Waals surface area contributed by atoms with Gasteiger partial charge in [0.05, 0.1) is 6.61 Å². The number of hydrogen-bond acceptors (Lipinski definition) is 6. The molecular weight excluding hydrogens is 392 g/mol. The number of aromatic nitrogens is 4. The molecule has 3 heterocycles. The summed E-state index contributed by atoms with van der Waals surface area (Å²) in [5, 5.41) is 4.23. The maximum atomic E-state index is 12.8. The summed E-state index contributed by atoms with van der Waals surface area (Å²) in [6, 6.07) is 8.28. The second-order valence-corrected chi connectivity index (χ2v) is 7.97. The van der Waals surface area contributed by atoms with Crippen LogP contribution >= 0.6 is 0 Å². The van der Waals surface area contributed by atoms with Crippen LogP contribution in [-0.2, 0) is 17.8 Å². The molecule has 1 fully saturated rings. The number of carbonyl (C=O) groups is 1. The van der Waals surface area contributed by atoms with E-state index in [1.165, 1.54) is 11.9 Å². The van der Waals surface area contributed by atoms with Crippen molar-refractivity contribution in [1.82, 2.24) is 29.4 Å². The number of amides is 1. The molecule has 0 unspecified atom stereocenters. The lowest BCUT2D eigenvalue weighted by molar-refractivity contribution is -0.133. The number of rotatable bonds is 7. The molecule has 1 aromatic carbocycles. The number of aryl methyl sites for hydroxylation is 2. The summed E-state index contributed by atoms with van der Waals surface area (Å²) in [6.07, 6.45) is 2.67. The molecule has 0 bridgehead atoms. The Bertz CT molecular complexity index is 1040. The largest absolute Gasteiger partial charge is 0.494 e. The molecule has 8 heteroatoms. The lowest BCUT2D eigenvalue weighted by Gasteiger charge is -2.35. The first-order valence-electron chi connectivity index (χ1n) is 10.9. The van der Waals surface area contributed by atoms with Crippen molar-refractivity contribution < 1.29 is 9.53 Å². The van der Waals surface area contributed by atoms with Gasteiger partial charge in [-0.25, -0.2) is 9.50 Å². The van der Waals surface area contributed by atoms with Crippen LogP contribution in [-0.4, -0.2) is 68.1 Å². The van der Waals surface area contributed by atoms with E-state index in [1.807, 2.05) is 37.8 Å². The zero-order valence-corrected chi connectivity index (χ0v) is 18.5. The van der Waals surface area contributed by atoms with Crippen molar-refractivity contribution in [1.29, 1.82) is 0 Å². The molecule has 3 aromatic rings. The third-order valence-electron chi connectivity index (χ3n) is 5.94. The van der Waals surface area contributed by atoms with Gasteiger partial charge in [0.1, 0.15) is 12.1 Å². The number of piperazine rings is 1. The van der Waals surface area contributed by atoms with E-state index >= 15 is 0 Å². The Balaban J connectivity index is 1.28. The Morgan fingerprint density at radius 2 is 1.84 bits per heavy atom. The number of ether oxygens (including phenoxy) is 1. The number of hydrogen-bond donors (Lipinski definition) is 0. The molecule has 1 amide bonds. The average molecular weight is 423 g/mol. The summed E-state index contributed by atoms with van der Waals surface area (Å²) in [6.45, 7) is 10.9. The molecule has 4 rings (SSSR count). The van der Waals surface area contributed by atoms with Crippen molar-refractivity contribution in [3.8, 4) is 5.75 Å². The summed E-state index contributed by atoms with van der Waals surface area (Å²) in [4.78, 5) is 25.9. The number of carbonyl (C=O) groups excluding carboxylic acids is 1. The van der Waals surface area contributed by atoms with Gasteiger partial charge in [0.15, 0.2) is 0 Å². The van der Waals surface area contributed by atoms with Crippen LogP contribution in [0.25, 0.3) is 5.78 Å². The first kappa shape index (κ1) is 21.2. The minimum atomic E-state index is 0.207. The molecule has 0 atom stereocenters. The normalized spacial score (nSPS) is 14.9. The van der Waals surface area contributed by atoms with E-state index in [0.29, 0.717) is 25.2 Å². The summed E-state index contributed by atoms with van der Waals surface area (Å²) < 4.78 is 7.25. The van der Waals surface area contributed by atoms with Gasteiger partial charge in [0.2, 0.25) is 5.91 Å². The Kier molecular flexibility index (Phi) is 6.46. The molecule has 0 aliphatic carbocycles. The van der Waals surface area contributed by atoms with Gasteiger partial charge in [-0.3, -0.25) is 9.69 Å². The van der Waals surface area contributed by atoms with Gasteiger partial charge in [0, 0.05) is 50.5 Å². The lowest BCUT2D eigenvalue weighted by atomic mass is 10.1. The molecule has 164 valence electrons. The van der Waals surface area contributed by atoms with Crippen LogP contribution < -0.4 is 4.74 Å². The topological polar surface area (TPSA) is 75.9 Å². The molecular formula is C23H30N6O2. The zero-order chi connectivity index (χ0) is 21.8. The highest BCUT2D eigenvalue weighted by Crippen LogP contribution is 2.17. The van der Waals surface area contributed by atoms with Crippen molar-refractivity contribution >= 4 is 11.7 Å². The van der Waals surface area contributed by atoms with Gasteiger partial charge < -0.3 is 9.64 Å². The summed E-state index contributed by atoms with van der Waals surface area (Å²) in [7, 11) is 0. The molecule has 1 aliphatic heterocycles. The fourth-order valence-corrected chi connectivity index (χ4v) is 4.18. The number of fused-ring (bicyclic) bond motifs is 1. The second kappa shape index (κ2) is 9.43. The predicted molar refractivity (Wildman–Crippen MR) is 118 cm³/mol. The van der Waals surface area contributed by atoms with E-state index in [4.69, 9.17) is 4.74 Å². The molecule has 0 spiro atoms. The van der Waals surface area contributed by atoms with Crippen LogP contribution in [0.15, 0.2) is 30.6 Å². The van der Waals surface area contributed by atoms with E-state index in [1.54, 1.807) is 4.52 Å². The smallest absolute Gasteiger partial charge is 0.252 e. The Morgan fingerprint density at radius 1 is 1.10 bits per heavy atom. The first-order chi connectivity index (χ1) is 15.0. The molecule has 1 saturated heterocycles. The van der Waals surface area contributed by atoms with E-state index in [2.05, 4.69) is 32.1 Å². The average Bonchev–Trinajstić information content (AvgIpc) is 3.24. The Hall–Kier alpha value is -3.00. The summed E-state index contributed by atoms with van der Waals surface area (Å²) >= 11 is 0. The van der Waals surface area contributed by atoms with Gasteiger partial charge in [-0.15, -0.1) is 0 Å². The van der Waals surface area contributed by atoms with Crippen LogP contribution in [0.2, 0.25) is 0 Å². The van der Waals surface area contributed by atoms with Crippen LogP contribution in [0.4, 0.5) is 0 Å². The standard InChI is InChI=1S/C23H30N6O2/c1-4-31-20-7-5-19(6-8-20)15-27-11-13-28(14-12-27)22(30)10-9-21-17(2)26-23-24-16-25-29(23)18(21)3/h5-8,16H,4,9-15H2,1-3H3. The summed E-state index contributed by atoms with van der Waals surface area (Å²) in [5.41, 5.74) is 4.28. The highest BCUT2D eigenvalue weighted by atomic mass is 16.5. The van der Waals surface area contributed by atoms with Gasteiger partial charge in [-0.2, -0.15) is 10.1 Å². The third-order valence-corrected chi connectivity index (χ3v) is 5.94.